The molecule has 1 radical (unpaired) electrons. The second kappa shape index (κ2) is 3.83. The Morgan fingerprint density at radius 2 is 1.93 bits per heavy atom. The van der Waals surface area contributed by atoms with Crippen LogP contribution in [-0.4, -0.2) is 0 Å². The first-order valence-corrected chi connectivity index (χ1v) is 5.03. The van der Waals surface area contributed by atoms with Gasteiger partial charge in [-0.15, -0.1) is 0 Å². The molecule has 0 aromatic heterocycles. The molecule has 0 atom stereocenters. The van der Waals surface area contributed by atoms with Gasteiger partial charge in [0.1, 0.15) is 0 Å². The molecule has 0 aromatic rings. The Morgan fingerprint density at radius 1 is 1.07 bits per heavy atom. The smallest absolute Gasteiger partial charge is 0.0161 e. The molecule has 14 heavy (non-hydrogen) atoms. The average Bonchev–Trinajstić information content (AvgIpc) is 2.18. The lowest BCUT2D eigenvalue weighted by atomic mass is 9.92. The molecule has 0 bridgehead atoms. The molecule has 0 aliphatic heterocycles. The maximum absolute atomic E-state index is 2.27. The van der Waals surface area contributed by atoms with E-state index in [4.69, 9.17) is 0 Å². The average molecular weight is 183 g/mol. The zero-order valence-corrected chi connectivity index (χ0v) is 8.75. The largest absolute Gasteiger partial charge is 0.0799 e. The first-order valence-electron chi connectivity index (χ1n) is 5.03. The van der Waals surface area contributed by atoms with Crippen molar-refractivity contribution >= 4 is 0 Å². The van der Waals surface area contributed by atoms with Crippen molar-refractivity contribution < 1.29 is 0 Å². The van der Waals surface area contributed by atoms with Crippen LogP contribution in [0.4, 0.5) is 0 Å². The van der Waals surface area contributed by atoms with Gasteiger partial charge in [-0.25, -0.2) is 0 Å². The van der Waals surface area contributed by atoms with Gasteiger partial charge in [0.05, 0.1) is 0 Å². The summed E-state index contributed by atoms with van der Waals surface area (Å²) in [7, 11) is 0. The van der Waals surface area contributed by atoms with E-state index in [1.54, 1.807) is 0 Å². The van der Waals surface area contributed by atoms with Gasteiger partial charge in [-0.05, 0) is 31.4 Å². The Balaban J connectivity index is 2.33. The molecule has 0 saturated heterocycles. The first-order chi connectivity index (χ1) is 6.75. The van der Waals surface area contributed by atoms with E-state index in [2.05, 4.69) is 56.7 Å². The minimum atomic E-state index is 1.09. The van der Waals surface area contributed by atoms with Crippen molar-refractivity contribution in [2.75, 3.05) is 0 Å². The highest BCUT2D eigenvalue weighted by Crippen LogP contribution is 2.24. The topological polar surface area (TPSA) is 0 Å². The predicted molar refractivity (Wildman–Crippen MR) is 61.7 cm³/mol. The van der Waals surface area contributed by atoms with Crippen molar-refractivity contribution in [2.24, 2.45) is 0 Å². The van der Waals surface area contributed by atoms with Crippen LogP contribution in [0.3, 0.4) is 0 Å². The lowest BCUT2D eigenvalue weighted by Crippen LogP contribution is -1.94. The molecule has 0 nitrogen and oxygen atoms in total. The van der Waals surface area contributed by atoms with Crippen LogP contribution in [-0.2, 0) is 0 Å². The van der Waals surface area contributed by atoms with Crippen molar-refractivity contribution in [3.8, 4) is 0 Å². The standard InChI is InChI=1S/C14H15/c1-11-5-3-7-13(9-11)14-8-4-6-12(2)10-14/h3-5,7-10H,6H2,1-2H3/b14-13+. The molecule has 2 aliphatic rings. The van der Waals surface area contributed by atoms with E-state index in [0.29, 0.717) is 0 Å². The Labute approximate surface area is 86.0 Å². The van der Waals surface area contributed by atoms with Crippen LogP contribution >= 0.6 is 0 Å². The van der Waals surface area contributed by atoms with Crippen LogP contribution < -0.4 is 0 Å². The molecule has 0 heterocycles. The van der Waals surface area contributed by atoms with Crippen LogP contribution in [0.1, 0.15) is 20.3 Å². The Bertz CT molecular complexity index is 384. The van der Waals surface area contributed by atoms with Gasteiger partial charge in [0.25, 0.3) is 0 Å². The van der Waals surface area contributed by atoms with Crippen molar-refractivity contribution in [1.82, 2.24) is 0 Å². The van der Waals surface area contributed by atoms with Gasteiger partial charge in [0, 0.05) is 6.42 Å². The van der Waals surface area contributed by atoms with Crippen LogP contribution in [0.5, 0.6) is 0 Å². The predicted octanol–water partition coefficient (Wildman–Crippen LogP) is 3.91. The van der Waals surface area contributed by atoms with E-state index < -0.39 is 0 Å². The van der Waals surface area contributed by atoms with Crippen molar-refractivity contribution in [2.45, 2.75) is 20.3 Å². The van der Waals surface area contributed by atoms with E-state index in [1.807, 2.05) is 0 Å². The summed E-state index contributed by atoms with van der Waals surface area (Å²) in [6, 6.07) is 0. The van der Waals surface area contributed by atoms with Crippen LogP contribution in [0.2, 0.25) is 0 Å². The number of allylic oxidation sites excluding steroid dienone is 10. The van der Waals surface area contributed by atoms with Crippen LogP contribution in [0.25, 0.3) is 0 Å². The summed E-state index contributed by atoms with van der Waals surface area (Å²) >= 11 is 0. The molecule has 0 aromatic carbocycles. The second-order valence-electron chi connectivity index (χ2n) is 3.92. The molecule has 2 rings (SSSR count). The molecule has 71 valence electrons. The summed E-state index contributed by atoms with van der Waals surface area (Å²) < 4.78 is 0. The van der Waals surface area contributed by atoms with E-state index in [9.17, 15) is 0 Å². The molecule has 0 spiro atoms. The maximum atomic E-state index is 2.27. The zero-order chi connectivity index (χ0) is 9.97. The molecule has 0 saturated carbocycles. The normalized spacial score (nSPS) is 26.1. The molecular weight excluding hydrogens is 168 g/mol. The summed E-state index contributed by atoms with van der Waals surface area (Å²) in [6.45, 7) is 4.31. The van der Waals surface area contributed by atoms with E-state index in [0.717, 1.165) is 6.42 Å². The number of rotatable bonds is 0. The highest BCUT2D eigenvalue weighted by atomic mass is 14.1. The second-order valence-corrected chi connectivity index (χ2v) is 3.92. The van der Waals surface area contributed by atoms with Crippen LogP contribution in [0.15, 0.2) is 58.7 Å². The van der Waals surface area contributed by atoms with Gasteiger partial charge >= 0.3 is 0 Å². The molecular formula is C14H15. The van der Waals surface area contributed by atoms with E-state index in [1.165, 1.54) is 22.3 Å². The summed E-state index contributed by atoms with van der Waals surface area (Å²) in [6.07, 6.45) is 16.5. The first kappa shape index (κ1) is 9.26. The van der Waals surface area contributed by atoms with Crippen molar-refractivity contribution in [3.05, 3.63) is 65.2 Å². The van der Waals surface area contributed by atoms with Crippen LogP contribution in [0, 0.1) is 6.42 Å². The third-order valence-corrected chi connectivity index (χ3v) is 2.49. The van der Waals surface area contributed by atoms with Crippen molar-refractivity contribution in [1.29, 1.82) is 0 Å². The maximum Gasteiger partial charge on any atom is 0.0161 e. The molecule has 0 N–H and O–H groups in total. The van der Waals surface area contributed by atoms with Crippen molar-refractivity contribution in [3.63, 3.8) is 0 Å². The van der Waals surface area contributed by atoms with Gasteiger partial charge in [-0.2, -0.15) is 0 Å². The molecule has 0 unspecified atom stereocenters. The number of hydrogen-bond donors (Lipinski definition) is 0. The van der Waals surface area contributed by atoms with E-state index in [-0.39, 0.29) is 0 Å². The van der Waals surface area contributed by atoms with E-state index >= 15 is 0 Å². The lowest BCUT2D eigenvalue weighted by Gasteiger charge is -2.13. The fourth-order valence-corrected chi connectivity index (χ4v) is 1.75. The molecule has 2 aliphatic carbocycles. The van der Waals surface area contributed by atoms with Gasteiger partial charge in [-0.3, -0.25) is 0 Å². The fourth-order valence-electron chi connectivity index (χ4n) is 1.75. The summed E-state index contributed by atoms with van der Waals surface area (Å²) in [4.78, 5) is 0. The third-order valence-electron chi connectivity index (χ3n) is 2.49. The summed E-state index contributed by atoms with van der Waals surface area (Å²) in [5.41, 5.74) is 5.40. The summed E-state index contributed by atoms with van der Waals surface area (Å²) in [5.74, 6) is 0. The zero-order valence-electron chi connectivity index (χ0n) is 8.75. The highest BCUT2D eigenvalue weighted by molar-refractivity contribution is 5.53. The highest BCUT2D eigenvalue weighted by Gasteiger charge is 2.06. The van der Waals surface area contributed by atoms with Gasteiger partial charge < -0.3 is 0 Å². The Morgan fingerprint density at radius 3 is 2.64 bits per heavy atom. The van der Waals surface area contributed by atoms with Gasteiger partial charge in [-0.1, -0.05) is 47.6 Å². The third kappa shape index (κ3) is 1.95. The quantitative estimate of drug-likeness (QED) is 0.534. The minimum absolute atomic E-state index is 1.09. The Hall–Kier alpha value is -1.30. The number of hydrogen-bond acceptors (Lipinski definition) is 0. The van der Waals surface area contributed by atoms with Gasteiger partial charge in [0.15, 0.2) is 0 Å². The molecule has 0 fully saturated rings. The minimum Gasteiger partial charge on any atom is -0.0799 e. The van der Waals surface area contributed by atoms with Gasteiger partial charge in [0.2, 0.25) is 0 Å². The molecule has 0 heteroatoms. The fraction of sp³-hybridized carbons (Fsp3) is 0.214. The summed E-state index contributed by atoms with van der Waals surface area (Å²) in [5, 5.41) is 0. The monoisotopic (exact) mass is 183 g/mol. The SMILES string of the molecule is CC1=CC=C/C(=C2/C=CCC(C)=C2)[CH]1. The molecule has 0 amide bonds. The Kier molecular flexibility index (Phi) is 2.53. The lowest BCUT2D eigenvalue weighted by molar-refractivity contribution is 1.17.